The van der Waals surface area contributed by atoms with Crippen molar-refractivity contribution in [1.82, 2.24) is 0 Å². The second kappa shape index (κ2) is 5.69. The molecule has 2 aromatic rings. The third-order valence-electron chi connectivity index (χ3n) is 3.97. The zero-order valence-electron chi connectivity index (χ0n) is 11.9. The highest BCUT2D eigenvalue weighted by Gasteiger charge is 2.31. The molecule has 5 heteroatoms. The van der Waals surface area contributed by atoms with Crippen molar-refractivity contribution < 1.29 is 13.6 Å². The molecule has 0 unspecified atom stereocenters. The molecule has 1 amide bonds. The van der Waals surface area contributed by atoms with Crippen molar-refractivity contribution in [3.8, 4) is 0 Å². The van der Waals surface area contributed by atoms with Gasteiger partial charge in [-0.1, -0.05) is 17.7 Å². The maximum absolute atomic E-state index is 14.0. The minimum atomic E-state index is -0.654. The zero-order valence-corrected chi connectivity index (χ0v) is 12.7. The quantitative estimate of drug-likeness (QED) is 0.751. The van der Waals surface area contributed by atoms with Gasteiger partial charge in [0.05, 0.1) is 10.6 Å². The standard InChI is InChI=1S/C17H14ClF2NO/c1-10-5-6-11-9-12(19)7-8-15(11)21(10)17(22)16-13(18)3-2-4-14(16)20/h2-4,7-10H,5-6H2,1H3/t10-/m0/s1. The van der Waals surface area contributed by atoms with Gasteiger partial charge in [0.2, 0.25) is 0 Å². The third kappa shape index (κ3) is 2.48. The summed E-state index contributed by atoms with van der Waals surface area (Å²) in [4.78, 5) is 14.3. The highest BCUT2D eigenvalue weighted by molar-refractivity contribution is 6.34. The molecule has 1 atom stereocenters. The van der Waals surface area contributed by atoms with Gasteiger partial charge in [0.1, 0.15) is 11.6 Å². The molecule has 2 aromatic carbocycles. The summed E-state index contributed by atoms with van der Waals surface area (Å²) in [7, 11) is 0. The van der Waals surface area contributed by atoms with Crippen LogP contribution in [0.15, 0.2) is 36.4 Å². The molecule has 0 saturated carbocycles. The van der Waals surface area contributed by atoms with Crippen LogP contribution >= 0.6 is 11.6 Å². The van der Waals surface area contributed by atoms with Crippen LogP contribution in [0, 0.1) is 11.6 Å². The van der Waals surface area contributed by atoms with Gasteiger partial charge >= 0.3 is 0 Å². The van der Waals surface area contributed by atoms with Crippen molar-refractivity contribution in [3.05, 3.63) is 64.2 Å². The molecule has 0 spiro atoms. The normalized spacial score (nSPS) is 17.3. The first-order valence-corrected chi connectivity index (χ1v) is 7.43. The average Bonchev–Trinajstić information content (AvgIpc) is 2.47. The molecule has 114 valence electrons. The maximum atomic E-state index is 14.0. The zero-order chi connectivity index (χ0) is 15.9. The Morgan fingerprint density at radius 3 is 2.77 bits per heavy atom. The summed E-state index contributed by atoms with van der Waals surface area (Å²) in [5.74, 6) is -1.49. The molecule has 3 rings (SSSR count). The number of benzene rings is 2. The number of nitrogens with zero attached hydrogens (tertiary/aromatic N) is 1. The van der Waals surface area contributed by atoms with E-state index in [1.807, 2.05) is 6.92 Å². The van der Waals surface area contributed by atoms with Crippen LogP contribution in [0.25, 0.3) is 0 Å². The van der Waals surface area contributed by atoms with Crippen molar-refractivity contribution in [2.75, 3.05) is 4.90 Å². The van der Waals surface area contributed by atoms with Gasteiger partial charge < -0.3 is 4.90 Å². The van der Waals surface area contributed by atoms with E-state index in [9.17, 15) is 13.6 Å². The fourth-order valence-corrected chi connectivity index (χ4v) is 3.10. The molecule has 1 aliphatic heterocycles. The highest BCUT2D eigenvalue weighted by Crippen LogP contribution is 2.34. The molecule has 0 aromatic heterocycles. The number of aryl methyl sites for hydroxylation is 1. The maximum Gasteiger partial charge on any atom is 0.263 e. The molecule has 0 N–H and O–H groups in total. The van der Waals surface area contributed by atoms with Gasteiger partial charge in [0.25, 0.3) is 5.91 Å². The van der Waals surface area contributed by atoms with Gasteiger partial charge in [-0.25, -0.2) is 8.78 Å². The van der Waals surface area contributed by atoms with E-state index in [0.29, 0.717) is 18.5 Å². The molecular weight excluding hydrogens is 308 g/mol. The van der Waals surface area contributed by atoms with E-state index in [4.69, 9.17) is 11.6 Å². The Bertz CT molecular complexity index is 727. The lowest BCUT2D eigenvalue weighted by Crippen LogP contribution is -2.42. The Balaban J connectivity index is 2.10. The number of carbonyl (C=O) groups excluding carboxylic acids is 1. The average molecular weight is 322 g/mol. The van der Waals surface area contributed by atoms with Gasteiger partial charge in [-0.3, -0.25) is 4.79 Å². The number of anilines is 1. The van der Waals surface area contributed by atoms with Gasteiger partial charge in [-0.2, -0.15) is 0 Å². The van der Waals surface area contributed by atoms with E-state index in [-0.39, 0.29) is 22.4 Å². The van der Waals surface area contributed by atoms with E-state index < -0.39 is 11.7 Å². The topological polar surface area (TPSA) is 20.3 Å². The number of rotatable bonds is 1. The minimum Gasteiger partial charge on any atom is -0.305 e. The monoisotopic (exact) mass is 321 g/mol. The minimum absolute atomic E-state index is 0.0754. The summed E-state index contributed by atoms with van der Waals surface area (Å²) < 4.78 is 27.4. The highest BCUT2D eigenvalue weighted by atomic mass is 35.5. The summed E-state index contributed by atoms with van der Waals surface area (Å²) >= 11 is 6.00. The molecule has 0 saturated heterocycles. The van der Waals surface area contributed by atoms with Crippen LogP contribution in [0.2, 0.25) is 5.02 Å². The summed E-state index contributed by atoms with van der Waals surface area (Å²) in [5, 5.41) is 0.0754. The summed E-state index contributed by atoms with van der Waals surface area (Å²) in [6.45, 7) is 1.89. The lowest BCUT2D eigenvalue weighted by molar-refractivity contribution is 0.0971. The predicted octanol–water partition coefficient (Wildman–Crippen LogP) is 4.60. The molecule has 0 fully saturated rings. The predicted molar refractivity (Wildman–Crippen MR) is 82.4 cm³/mol. The van der Waals surface area contributed by atoms with E-state index in [1.54, 1.807) is 6.07 Å². The lowest BCUT2D eigenvalue weighted by Gasteiger charge is -2.35. The Labute approximate surface area is 132 Å². The smallest absolute Gasteiger partial charge is 0.263 e. The van der Waals surface area contributed by atoms with Gasteiger partial charge in [-0.15, -0.1) is 0 Å². The van der Waals surface area contributed by atoms with Crippen LogP contribution < -0.4 is 4.90 Å². The fourth-order valence-electron chi connectivity index (χ4n) is 2.85. The Morgan fingerprint density at radius 1 is 1.27 bits per heavy atom. The second-order valence-corrected chi connectivity index (χ2v) is 5.84. The fraction of sp³-hybridized carbons (Fsp3) is 0.235. The van der Waals surface area contributed by atoms with Crippen molar-refractivity contribution >= 4 is 23.2 Å². The molecule has 0 radical (unpaired) electrons. The summed E-state index contributed by atoms with van der Waals surface area (Å²) in [5.41, 5.74) is 1.22. The molecule has 22 heavy (non-hydrogen) atoms. The summed E-state index contributed by atoms with van der Waals surface area (Å²) in [6, 6.07) is 8.33. The van der Waals surface area contributed by atoms with Crippen LogP contribution in [0.1, 0.15) is 29.3 Å². The SMILES string of the molecule is C[C@H]1CCc2cc(F)ccc2N1C(=O)c1c(F)cccc1Cl. The molecule has 1 aliphatic rings. The van der Waals surface area contributed by atoms with E-state index >= 15 is 0 Å². The Kier molecular flexibility index (Phi) is 3.87. The van der Waals surface area contributed by atoms with Crippen LogP contribution in [-0.2, 0) is 6.42 Å². The Morgan fingerprint density at radius 2 is 2.05 bits per heavy atom. The number of fused-ring (bicyclic) bond motifs is 1. The van der Waals surface area contributed by atoms with E-state index in [2.05, 4.69) is 0 Å². The number of hydrogen-bond acceptors (Lipinski definition) is 1. The van der Waals surface area contributed by atoms with Crippen molar-refractivity contribution in [2.24, 2.45) is 0 Å². The van der Waals surface area contributed by atoms with Crippen molar-refractivity contribution in [3.63, 3.8) is 0 Å². The number of hydrogen-bond donors (Lipinski definition) is 0. The number of halogens is 3. The lowest BCUT2D eigenvalue weighted by atomic mass is 9.95. The number of amides is 1. The van der Waals surface area contributed by atoms with Crippen LogP contribution in [0.4, 0.5) is 14.5 Å². The van der Waals surface area contributed by atoms with Gasteiger partial charge in [0.15, 0.2) is 0 Å². The molecule has 0 aliphatic carbocycles. The van der Waals surface area contributed by atoms with E-state index in [0.717, 1.165) is 5.56 Å². The third-order valence-corrected chi connectivity index (χ3v) is 4.28. The first-order chi connectivity index (χ1) is 10.5. The van der Waals surface area contributed by atoms with Crippen molar-refractivity contribution in [2.45, 2.75) is 25.8 Å². The molecule has 0 bridgehead atoms. The van der Waals surface area contributed by atoms with Crippen LogP contribution in [0.3, 0.4) is 0 Å². The van der Waals surface area contributed by atoms with E-state index in [1.165, 1.54) is 35.2 Å². The van der Waals surface area contributed by atoms with Crippen LogP contribution in [-0.4, -0.2) is 11.9 Å². The molecular formula is C17H14ClF2NO. The second-order valence-electron chi connectivity index (χ2n) is 5.43. The first kappa shape index (κ1) is 15.0. The largest absolute Gasteiger partial charge is 0.305 e. The first-order valence-electron chi connectivity index (χ1n) is 7.05. The van der Waals surface area contributed by atoms with Crippen molar-refractivity contribution in [1.29, 1.82) is 0 Å². The van der Waals surface area contributed by atoms with Crippen LogP contribution in [0.5, 0.6) is 0 Å². The number of carbonyl (C=O) groups is 1. The molecule has 1 heterocycles. The summed E-state index contributed by atoms with van der Waals surface area (Å²) in [6.07, 6.45) is 1.37. The van der Waals surface area contributed by atoms with Gasteiger partial charge in [-0.05, 0) is 55.7 Å². The van der Waals surface area contributed by atoms with Gasteiger partial charge in [0, 0.05) is 11.7 Å². The Hall–Kier alpha value is -1.94. The molecule has 2 nitrogen and oxygen atoms in total.